The fourth-order valence-corrected chi connectivity index (χ4v) is 1.40. The predicted octanol–water partition coefficient (Wildman–Crippen LogP) is 1.39. The van der Waals surface area contributed by atoms with Crippen LogP contribution in [-0.4, -0.2) is 17.1 Å². The number of aromatic amines is 1. The molecule has 0 saturated heterocycles. The SMILES string of the molecule is COc1ccc(Nc2cc(C#N)[nH]c(=O)n2)cc1. The number of nitrogens with zero attached hydrogens (tertiary/aromatic N) is 2. The Morgan fingerprint density at radius 1 is 1.39 bits per heavy atom. The van der Waals surface area contributed by atoms with Crippen molar-refractivity contribution in [3.63, 3.8) is 0 Å². The molecule has 0 radical (unpaired) electrons. The van der Waals surface area contributed by atoms with Crippen LogP contribution < -0.4 is 15.7 Å². The van der Waals surface area contributed by atoms with Gasteiger partial charge in [0.25, 0.3) is 0 Å². The average molecular weight is 242 g/mol. The van der Waals surface area contributed by atoms with Crippen molar-refractivity contribution in [1.29, 1.82) is 5.26 Å². The topological polar surface area (TPSA) is 90.8 Å². The van der Waals surface area contributed by atoms with E-state index in [4.69, 9.17) is 10.00 Å². The largest absolute Gasteiger partial charge is 0.497 e. The molecule has 1 heterocycles. The third kappa shape index (κ3) is 2.65. The van der Waals surface area contributed by atoms with Crippen molar-refractivity contribution in [3.05, 3.63) is 46.5 Å². The number of ether oxygens (including phenoxy) is 1. The first-order valence-electron chi connectivity index (χ1n) is 5.14. The maximum atomic E-state index is 11.2. The first kappa shape index (κ1) is 11.7. The maximum Gasteiger partial charge on any atom is 0.347 e. The molecule has 0 aliphatic rings. The van der Waals surface area contributed by atoms with Gasteiger partial charge in [0.05, 0.1) is 7.11 Å². The fourth-order valence-electron chi connectivity index (χ4n) is 1.40. The highest BCUT2D eigenvalue weighted by atomic mass is 16.5. The van der Waals surface area contributed by atoms with Crippen LogP contribution in [-0.2, 0) is 0 Å². The van der Waals surface area contributed by atoms with Crippen molar-refractivity contribution in [3.8, 4) is 11.8 Å². The molecular weight excluding hydrogens is 232 g/mol. The van der Waals surface area contributed by atoms with E-state index < -0.39 is 5.69 Å². The van der Waals surface area contributed by atoms with Crippen LogP contribution in [0.2, 0.25) is 0 Å². The first-order valence-corrected chi connectivity index (χ1v) is 5.14. The number of anilines is 2. The van der Waals surface area contributed by atoms with Gasteiger partial charge in [-0.05, 0) is 24.3 Å². The van der Waals surface area contributed by atoms with Crippen LogP contribution in [0.25, 0.3) is 0 Å². The number of nitrogens with one attached hydrogen (secondary N) is 2. The van der Waals surface area contributed by atoms with Gasteiger partial charge in [-0.15, -0.1) is 0 Å². The van der Waals surface area contributed by atoms with Crippen LogP contribution in [0.15, 0.2) is 35.1 Å². The molecule has 0 fully saturated rings. The van der Waals surface area contributed by atoms with Crippen LogP contribution in [0.1, 0.15) is 5.69 Å². The number of nitriles is 1. The number of hydrogen-bond donors (Lipinski definition) is 2. The van der Waals surface area contributed by atoms with E-state index in [1.165, 1.54) is 6.07 Å². The van der Waals surface area contributed by atoms with Crippen molar-refractivity contribution in [2.24, 2.45) is 0 Å². The smallest absolute Gasteiger partial charge is 0.347 e. The lowest BCUT2D eigenvalue weighted by Gasteiger charge is -2.06. The summed E-state index contributed by atoms with van der Waals surface area (Å²) in [5, 5.41) is 11.7. The third-order valence-electron chi connectivity index (χ3n) is 2.23. The Bertz CT molecular complexity index is 640. The number of rotatable bonds is 3. The quantitative estimate of drug-likeness (QED) is 0.848. The molecule has 90 valence electrons. The highest BCUT2D eigenvalue weighted by Crippen LogP contribution is 2.18. The Kier molecular flexibility index (Phi) is 3.25. The molecule has 0 spiro atoms. The number of benzene rings is 1. The summed E-state index contributed by atoms with van der Waals surface area (Å²) in [5.41, 5.74) is 0.342. The molecule has 0 atom stereocenters. The average Bonchev–Trinajstić information content (AvgIpc) is 2.39. The summed E-state index contributed by atoms with van der Waals surface area (Å²) in [6.45, 7) is 0. The Labute approximate surface area is 103 Å². The second kappa shape index (κ2) is 5.01. The van der Waals surface area contributed by atoms with Crippen molar-refractivity contribution >= 4 is 11.5 Å². The summed E-state index contributed by atoms with van der Waals surface area (Å²) in [7, 11) is 1.58. The van der Waals surface area contributed by atoms with E-state index in [9.17, 15) is 4.79 Å². The lowest BCUT2D eigenvalue weighted by Crippen LogP contribution is -2.13. The van der Waals surface area contributed by atoms with Crippen LogP contribution in [0, 0.1) is 11.3 Å². The van der Waals surface area contributed by atoms with Crippen molar-refractivity contribution in [1.82, 2.24) is 9.97 Å². The summed E-state index contributed by atoms with van der Waals surface area (Å²) >= 11 is 0. The summed E-state index contributed by atoms with van der Waals surface area (Å²) in [6.07, 6.45) is 0. The predicted molar refractivity (Wildman–Crippen MR) is 65.8 cm³/mol. The molecule has 2 aromatic rings. The number of methoxy groups -OCH3 is 1. The summed E-state index contributed by atoms with van der Waals surface area (Å²) < 4.78 is 5.03. The summed E-state index contributed by atoms with van der Waals surface area (Å²) in [5.74, 6) is 1.05. The molecule has 0 bridgehead atoms. The van der Waals surface area contributed by atoms with Crippen LogP contribution >= 0.6 is 0 Å². The van der Waals surface area contributed by atoms with E-state index in [0.29, 0.717) is 5.82 Å². The zero-order valence-electron chi connectivity index (χ0n) is 9.60. The second-order valence-electron chi connectivity index (χ2n) is 3.45. The van der Waals surface area contributed by atoms with E-state index >= 15 is 0 Å². The molecule has 6 nitrogen and oxygen atoms in total. The van der Waals surface area contributed by atoms with Crippen LogP contribution in [0.4, 0.5) is 11.5 Å². The van der Waals surface area contributed by atoms with Crippen molar-refractivity contribution in [2.75, 3.05) is 12.4 Å². The van der Waals surface area contributed by atoms with Gasteiger partial charge in [-0.3, -0.25) is 4.98 Å². The first-order chi connectivity index (χ1) is 8.71. The van der Waals surface area contributed by atoms with Gasteiger partial charge in [0, 0.05) is 11.8 Å². The van der Waals surface area contributed by atoms with Gasteiger partial charge in [0.15, 0.2) is 0 Å². The van der Waals surface area contributed by atoms with Crippen LogP contribution in [0.3, 0.4) is 0 Å². The van der Waals surface area contributed by atoms with Gasteiger partial charge >= 0.3 is 5.69 Å². The monoisotopic (exact) mass is 242 g/mol. The minimum Gasteiger partial charge on any atom is -0.497 e. The van der Waals surface area contributed by atoms with E-state index in [0.717, 1.165) is 11.4 Å². The number of aromatic nitrogens is 2. The summed E-state index contributed by atoms with van der Waals surface area (Å²) in [4.78, 5) is 17.2. The Morgan fingerprint density at radius 2 is 2.11 bits per heavy atom. The van der Waals surface area contributed by atoms with Gasteiger partial charge in [-0.25, -0.2) is 4.79 Å². The fraction of sp³-hybridized carbons (Fsp3) is 0.0833. The molecule has 0 aliphatic carbocycles. The van der Waals surface area contributed by atoms with Crippen LogP contribution in [0.5, 0.6) is 5.75 Å². The lowest BCUT2D eigenvalue weighted by molar-refractivity contribution is 0.415. The molecule has 1 aromatic carbocycles. The Hall–Kier alpha value is -2.81. The Morgan fingerprint density at radius 3 is 2.72 bits per heavy atom. The zero-order valence-corrected chi connectivity index (χ0v) is 9.60. The summed E-state index contributed by atoms with van der Waals surface area (Å²) in [6, 6.07) is 10.4. The minimum absolute atomic E-state index is 0.158. The maximum absolute atomic E-state index is 11.2. The standard InChI is InChI=1S/C12H10N4O2/c1-18-10-4-2-8(3-5-10)14-11-6-9(7-13)15-12(17)16-11/h2-6H,1H3,(H2,14,15,16,17). The molecule has 18 heavy (non-hydrogen) atoms. The molecular formula is C12H10N4O2. The van der Waals surface area contributed by atoms with Crippen molar-refractivity contribution in [2.45, 2.75) is 0 Å². The van der Waals surface area contributed by atoms with Crippen molar-refractivity contribution < 1.29 is 4.74 Å². The van der Waals surface area contributed by atoms with E-state index in [2.05, 4.69) is 15.3 Å². The van der Waals surface area contributed by atoms with Gasteiger partial charge in [-0.2, -0.15) is 10.2 Å². The zero-order chi connectivity index (χ0) is 13.0. The third-order valence-corrected chi connectivity index (χ3v) is 2.23. The molecule has 0 unspecified atom stereocenters. The molecule has 0 amide bonds. The van der Waals surface area contributed by atoms with Gasteiger partial charge in [0.2, 0.25) is 0 Å². The minimum atomic E-state index is -0.565. The van der Waals surface area contributed by atoms with Gasteiger partial charge in [0.1, 0.15) is 23.3 Å². The van der Waals surface area contributed by atoms with Gasteiger partial charge < -0.3 is 10.1 Å². The normalized spacial score (nSPS) is 9.56. The van der Waals surface area contributed by atoms with E-state index in [1.807, 2.05) is 6.07 Å². The Balaban J connectivity index is 2.25. The molecule has 1 aromatic heterocycles. The second-order valence-corrected chi connectivity index (χ2v) is 3.45. The molecule has 0 aliphatic heterocycles. The van der Waals surface area contributed by atoms with E-state index in [1.54, 1.807) is 31.4 Å². The number of H-pyrrole nitrogens is 1. The highest BCUT2D eigenvalue weighted by Gasteiger charge is 2.01. The van der Waals surface area contributed by atoms with Gasteiger partial charge in [-0.1, -0.05) is 0 Å². The number of hydrogen-bond acceptors (Lipinski definition) is 5. The molecule has 6 heteroatoms. The molecule has 2 rings (SSSR count). The molecule has 0 saturated carbocycles. The highest BCUT2D eigenvalue weighted by molar-refractivity contribution is 5.57. The molecule has 2 N–H and O–H groups in total. The lowest BCUT2D eigenvalue weighted by atomic mass is 10.3. The van der Waals surface area contributed by atoms with E-state index in [-0.39, 0.29) is 5.69 Å².